The van der Waals surface area contributed by atoms with Crippen LogP contribution in [-0.4, -0.2) is 6.98 Å². The smallest absolute Gasteiger partial charge is 0.445 e. The Balaban J connectivity index is 0.00000144. The summed E-state index contributed by atoms with van der Waals surface area (Å²) >= 11 is 0. The first-order chi connectivity index (χ1) is 5.54. The molecule has 1 aromatic rings. The second-order valence-electron chi connectivity index (χ2n) is 2.31. The van der Waals surface area contributed by atoms with Crippen LogP contribution in [0.15, 0.2) is 24.3 Å². The molecule has 0 bridgehead atoms. The number of nitriles is 1. The molecule has 0 aliphatic heterocycles. The second-order valence-corrected chi connectivity index (χ2v) is 2.31. The van der Waals surface area contributed by atoms with E-state index in [1.807, 2.05) is 0 Å². The summed E-state index contributed by atoms with van der Waals surface area (Å²) in [6.07, 6.45) is 0. The van der Waals surface area contributed by atoms with Gasteiger partial charge in [-0.05, 0) is 6.07 Å². The van der Waals surface area contributed by atoms with Gasteiger partial charge in [-0.3, -0.25) is 0 Å². The predicted molar refractivity (Wildman–Crippen MR) is 39.9 cm³/mol. The molecule has 0 N–H and O–H groups in total. The molecule has 0 fully saturated rings. The van der Waals surface area contributed by atoms with Gasteiger partial charge in [-0.2, -0.15) is 5.26 Å². The van der Waals surface area contributed by atoms with E-state index in [0.29, 0.717) is 0 Å². The van der Waals surface area contributed by atoms with E-state index in [9.17, 15) is 12.9 Å². The van der Waals surface area contributed by atoms with Crippen molar-refractivity contribution in [2.45, 2.75) is 0 Å². The SMILES string of the molecule is N#Cc1cccc([B-](F)(F)F)c1.[K+]. The van der Waals surface area contributed by atoms with Crippen LogP contribution in [-0.2, 0) is 0 Å². The molecule has 6 heteroatoms. The number of rotatable bonds is 1. The largest absolute Gasteiger partial charge is 1.00 e. The van der Waals surface area contributed by atoms with Crippen LogP contribution in [0, 0.1) is 11.3 Å². The van der Waals surface area contributed by atoms with Crippen LogP contribution in [0.4, 0.5) is 12.9 Å². The average Bonchev–Trinajstić information content (AvgIpc) is 2.03. The zero-order valence-corrected chi connectivity index (χ0v) is 10.1. The average molecular weight is 209 g/mol. The van der Waals surface area contributed by atoms with Gasteiger partial charge < -0.3 is 12.9 Å². The summed E-state index contributed by atoms with van der Waals surface area (Å²) < 4.78 is 36.2. The zero-order chi connectivity index (χ0) is 9.19. The van der Waals surface area contributed by atoms with E-state index in [2.05, 4.69) is 0 Å². The van der Waals surface area contributed by atoms with E-state index in [0.717, 1.165) is 12.1 Å². The number of hydrogen-bond donors (Lipinski definition) is 0. The fourth-order valence-electron chi connectivity index (χ4n) is 0.812. The van der Waals surface area contributed by atoms with Crippen molar-refractivity contribution in [3.63, 3.8) is 0 Å². The molecule has 0 atom stereocenters. The molecule has 0 aliphatic rings. The fraction of sp³-hybridized carbons (Fsp3) is 0. The summed E-state index contributed by atoms with van der Waals surface area (Å²) in [7, 11) is 0. The van der Waals surface area contributed by atoms with Gasteiger partial charge in [0, 0.05) is 5.56 Å². The van der Waals surface area contributed by atoms with Gasteiger partial charge in [0.05, 0.1) is 6.07 Å². The molecule has 0 aromatic heterocycles. The first kappa shape index (κ1) is 13.2. The number of benzene rings is 1. The van der Waals surface area contributed by atoms with Gasteiger partial charge in [0.25, 0.3) is 0 Å². The summed E-state index contributed by atoms with van der Waals surface area (Å²) in [6, 6.07) is 6.02. The minimum absolute atomic E-state index is 0. The standard InChI is InChI=1S/C7H4BF3N.K/c9-8(10,11)7-3-1-2-6(4-7)5-12;/h1-4H;/q-1;+1. The molecular formula is C7H4BF3KN. The molecule has 1 nitrogen and oxygen atoms in total. The Bertz CT molecular complexity index is 331. The van der Waals surface area contributed by atoms with Crippen LogP contribution in [0.2, 0.25) is 0 Å². The topological polar surface area (TPSA) is 23.8 Å². The molecule has 0 unspecified atom stereocenters. The van der Waals surface area contributed by atoms with Crippen molar-refractivity contribution in [2.24, 2.45) is 0 Å². The van der Waals surface area contributed by atoms with Crippen molar-refractivity contribution < 1.29 is 64.3 Å². The zero-order valence-electron chi connectivity index (χ0n) is 6.97. The van der Waals surface area contributed by atoms with Crippen LogP contribution in [0.25, 0.3) is 0 Å². The Morgan fingerprint density at radius 1 is 1.23 bits per heavy atom. The van der Waals surface area contributed by atoms with E-state index in [1.165, 1.54) is 12.1 Å². The minimum Gasteiger partial charge on any atom is -0.445 e. The first-order valence-electron chi connectivity index (χ1n) is 3.24. The Labute approximate surface area is 116 Å². The molecule has 0 heterocycles. The third-order valence-electron chi connectivity index (χ3n) is 1.39. The molecule has 62 valence electrons. The first-order valence-corrected chi connectivity index (χ1v) is 3.24. The van der Waals surface area contributed by atoms with Crippen LogP contribution in [0.1, 0.15) is 5.56 Å². The number of hydrogen-bond acceptors (Lipinski definition) is 1. The third kappa shape index (κ3) is 3.83. The Kier molecular flexibility index (Phi) is 5.25. The Hall–Kier alpha value is 0.201. The molecule has 1 aromatic carbocycles. The minimum atomic E-state index is -4.98. The summed E-state index contributed by atoms with van der Waals surface area (Å²) in [5, 5.41) is 8.32. The molecule has 0 radical (unpaired) electrons. The van der Waals surface area contributed by atoms with Crippen LogP contribution in [0.3, 0.4) is 0 Å². The summed E-state index contributed by atoms with van der Waals surface area (Å²) in [6.45, 7) is -4.98. The molecule has 0 spiro atoms. The summed E-state index contributed by atoms with van der Waals surface area (Å²) in [4.78, 5) is 0. The maximum absolute atomic E-state index is 12.1. The Morgan fingerprint density at radius 3 is 2.31 bits per heavy atom. The maximum Gasteiger partial charge on any atom is 1.00 e. The van der Waals surface area contributed by atoms with Crippen molar-refractivity contribution in [1.29, 1.82) is 5.26 Å². The second kappa shape index (κ2) is 5.17. The van der Waals surface area contributed by atoms with E-state index in [4.69, 9.17) is 5.26 Å². The third-order valence-corrected chi connectivity index (χ3v) is 1.39. The van der Waals surface area contributed by atoms with E-state index < -0.39 is 12.4 Å². The van der Waals surface area contributed by atoms with Crippen molar-refractivity contribution in [3.05, 3.63) is 29.8 Å². The number of halogens is 3. The van der Waals surface area contributed by atoms with Crippen LogP contribution < -0.4 is 56.8 Å². The fourth-order valence-corrected chi connectivity index (χ4v) is 0.812. The van der Waals surface area contributed by atoms with Gasteiger partial charge in [0.15, 0.2) is 0 Å². The van der Waals surface area contributed by atoms with Gasteiger partial charge in [-0.1, -0.05) is 18.2 Å². The summed E-state index contributed by atoms with van der Waals surface area (Å²) in [5.41, 5.74) is -0.694. The molecular weight excluding hydrogens is 205 g/mol. The van der Waals surface area contributed by atoms with Gasteiger partial charge >= 0.3 is 58.4 Å². The van der Waals surface area contributed by atoms with Gasteiger partial charge in [-0.25, -0.2) is 0 Å². The van der Waals surface area contributed by atoms with Gasteiger partial charge in [0.1, 0.15) is 0 Å². The molecule has 0 saturated carbocycles. The maximum atomic E-state index is 12.1. The number of nitrogens with zero attached hydrogens (tertiary/aromatic N) is 1. The van der Waals surface area contributed by atoms with Crippen molar-refractivity contribution >= 4 is 12.4 Å². The van der Waals surface area contributed by atoms with E-state index in [-0.39, 0.29) is 56.9 Å². The van der Waals surface area contributed by atoms with E-state index >= 15 is 0 Å². The quantitative estimate of drug-likeness (QED) is 0.523. The van der Waals surface area contributed by atoms with Crippen molar-refractivity contribution in [3.8, 4) is 6.07 Å². The normalized spacial score (nSPS) is 10.0. The molecule has 13 heavy (non-hydrogen) atoms. The van der Waals surface area contributed by atoms with Gasteiger partial charge in [0.2, 0.25) is 0 Å². The van der Waals surface area contributed by atoms with Crippen LogP contribution >= 0.6 is 0 Å². The molecule has 0 amide bonds. The molecule has 0 aliphatic carbocycles. The van der Waals surface area contributed by atoms with Gasteiger partial charge in [-0.15, -0.1) is 5.46 Å². The van der Waals surface area contributed by atoms with Crippen molar-refractivity contribution in [1.82, 2.24) is 0 Å². The molecule has 0 saturated heterocycles. The Morgan fingerprint density at radius 2 is 1.85 bits per heavy atom. The van der Waals surface area contributed by atoms with Crippen LogP contribution in [0.5, 0.6) is 0 Å². The summed E-state index contributed by atoms with van der Waals surface area (Å²) in [5.74, 6) is 0. The van der Waals surface area contributed by atoms with Crippen molar-refractivity contribution in [2.75, 3.05) is 0 Å². The van der Waals surface area contributed by atoms with E-state index in [1.54, 1.807) is 6.07 Å². The predicted octanol–water partition coefficient (Wildman–Crippen LogP) is -1.38. The monoisotopic (exact) mass is 209 g/mol. The molecule has 1 rings (SSSR count).